The molecule has 1 heterocycles. The number of hydrogen-bond acceptors (Lipinski definition) is 3. The maximum absolute atomic E-state index is 10.5. The molecule has 0 atom stereocenters. The third-order valence-corrected chi connectivity index (χ3v) is 1.14. The third kappa shape index (κ3) is 1.37. The minimum absolute atomic E-state index is 0.132. The number of rotatable bonds is 1. The Labute approximate surface area is 61.1 Å². The number of carbonyl (C=O) groups is 1. The summed E-state index contributed by atoms with van der Waals surface area (Å²) in [6, 6.07) is 2.10. The van der Waals surface area contributed by atoms with E-state index in [1.165, 1.54) is 0 Å². The molecule has 2 N–H and O–H groups in total. The first-order valence-electron chi connectivity index (χ1n) is 2.76. The molecule has 0 fully saturated rings. The number of carboxylic acid groups (broad SMARTS) is 1. The summed E-state index contributed by atoms with van der Waals surface area (Å²) < 4.78 is 0.226. The molecule has 0 bridgehead atoms. The SMILES string of the molecule is O=C(O)c1ccc(=O)n(O)c1. The van der Waals surface area contributed by atoms with E-state index in [-0.39, 0.29) is 10.3 Å². The van der Waals surface area contributed by atoms with E-state index in [1.807, 2.05) is 0 Å². The maximum Gasteiger partial charge on any atom is 0.337 e. The Kier molecular flexibility index (Phi) is 1.63. The Morgan fingerprint density at radius 3 is 2.55 bits per heavy atom. The molecule has 0 saturated heterocycles. The van der Waals surface area contributed by atoms with Gasteiger partial charge in [-0.05, 0) is 6.07 Å². The van der Waals surface area contributed by atoms with Crippen LogP contribution in [0.1, 0.15) is 10.4 Å². The molecule has 5 heteroatoms. The van der Waals surface area contributed by atoms with Crippen LogP contribution < -0.4 is 5.56 Å². The van der Waals surface area contributed by atoms with Crippen LogP contribution in [-0.2, 0) is 0 Å². The van der Waals surface area contributed by atoms with E-state index < -0.39 is 11.5 Å². The first kappa shape index (κ1) is 7.33. The van der Waals surface area contributed by atoms with Gasteiger partial charge < -0.3 is 10.3 Å². The minimum atomic E-state index is -1.19. The van der Waals surface area contributed by atoms with Gasteiger partial charge in [-0.15, -0.1) is 0 Å². The molecule has 0 saturated carbocycles. The molecular weight excluding hydrogens is 150 g/mol. The highest BCUT2D eigenvalue weighted by molar-refractivity contribution is 5.86. The number of pyridine rings is 1. The van der Waals surface area contributed by atoms with Gasteiger partial charge in [0, 0.05) is 6.07 Å². The predicted octanol–water partition coefficient (Wildman–Crippen LogP) is -0.216. The van der Waals surface area contributed by atoms with Gasteiger partial charge in [0.2, 0.25) is 0 Å². The van der Waals surface area contributed by atoms with E-state index in [9.17, 15) is 9.59 Å². The van der Waals surface area contributed by atoms with Crippen LogP contribution in [0.5, 0.6) is 0 Å². The van der Waals surface area contributed by atoms with Crippen LogP contribution in [0, 0.1) is 0 Å². The van der Waals surface area contributed by atoms with Gasteiger partial charge in [0.15, 0.2) is 0 Å². The van der Waals surface area contributed by atoms with Crippen LogP contribution in [-0.4, -0.2) is 21.0 Å². The molecule has 5 nitrogen and oxygen atoms in total. The van der Waals surface area contributed by atoms with Gasteiger partial charge in [-0.3, -0.25) is 4.79 Å². The third-order valence-electron chi connectivity index (χ3n) is 1.14. The van der Waals surface area contributed by atoms with Gasteiger partial charge in [-0.25, -0.2) is 4.79 Å². The highest BCUT2D eigenvalue weighted by Crippen LogP contribution is 1.92. The van der Waals surface area contributed by atoms with Crippen LogP contribution in [0.3, 0.4) is 0 Å². The van der Waals surface area contributed by atoms with Gasteiger partial charge in [-0.1, -0.05) is 0 Å². The van der Waals surface area contributed by atoms with Crippen molar-refractivity contribution in [3.63, 3.8) is 0 Å². The van der Waals surface area contributed by atoms with Crippen molar-refractivity contribution in [1.82, 2.24) is 4.73 Å². The Morgan fingerprint density at radius 1 is 1.45 bits per heavy atom. The average molecular weight is 155 g/mol. The highest BCUT2D eigenvalue weighted by Gasteiger charge is 2.02. The Hall–Kier alpha value is -1.78. The number of nitrogens with zero attached hydrogens (tertiary/aromatic N) is 1. The lowest BCUT2D eigenvalue weighted by Crippen LogP contribution is -2.17. The molecular formula is C6H5NO4. The molecule has 11 heavy (non-hydrogen) atoms. The average Bonchev–Trinajstić information content (AvgIpc) is 1.94. The van der Waals surface area contributed by atoms with Crippen molar-refractivity contribution in [1.29, 1.82) is 0 Å². The van der Waals surface area contributed by atoms with Crippen LogP contribution in [0.15, 0.2) is 23.1 Å². The normalized spacial score (nSPS) is 9.45. The minimum Gasteiger partial charge on any atom is -0.478 e. The van der Waals surface area contributed by atoms with Crippen LogP contribution in [0.4, 0.5) is 0 Å². The monoisotopic (exact) mass is 155 g/mol. The molecule has 0 aliphatic rings. The lowest BCUT2D eigenvalue weighted by Gasteiger charge is -1.95. The Morgan fingerprint density at radius 2 is 2.09 bits per heavy atom. The zero-order chi connectivity index (χ0) is 8.43. The lowest BCUT2D eigenvalue weighted by molar-refractivity contribution is 0.0690. The summed E-state index contributed by atoms with van der Waals surface area (Å²) >= 11 is 0. The zero-order valence-electron chi connectivity index (χ0n) is 5.39. The zero-order valence-corrected chi connectivity index (χ0v) is 5.39. The van der Waals surface area contributed by atoms with Crippen molar-refractivity contribution in [2.45, 2.75) is 0 Å². The van der Waals surface area contributed by atoms with Gasteiger partial charge >= 0.3 is 5.97 Å². The predicted molar refractivity (Wildman–Crippen MR) is 34.8 cm³/mol. The number of hydrogen-bond donors (Lipinski definition) is 2. The second-order valence-electron chi connectivity index (χ2n) is 1.91. The fourth-order valence-electron chi connectivity index (χ4n) is 0.602. The number of carboxylic acids is 1. The molecule has 0 unspecified atom stereocenters. The van der Waals surface area contributed by atoms with Gasteiger partial charge in [0.25, 0.3) is 5.56 Å². The quantitative estimate of drug-likeness (QED) is 0.549. The van der Waals surface area contributed by atoms with E-state index in [1.54, 1.807) is 0 Å². The molecule has 1 aromatic heterocycles. The molecule has 0 aliphatic heterocycles. The van der Waals surface area contributed by atoms with Crippen molar-refractivity contribution >= 4 is 5.97 Å². The van der Waals surface area contributed by atoms with E-state index in [0.29, 0.717) is 0 Å². The summed E-state index contributed by atoms with van der Waals surface area (Å²) in [7, 11) is 0. The van der Waals surface area contributed by atoms with Crippen LogP contribution in [0.2, 0.25) is 0 Å². The summed E-state index contributed by atoms with van der Waals surface area (Å²) in [5.74, 6) is -1.19. The number of aromatic carboxylic acids is 1. The van der Waals surface area contributed by atoms with Crippen molar-refractivity contribution < 1.29 is 15.1 Å². The summed E-state index contributed by atoms with van der Waals surface area (Å²) in [6.07, 6.45) is 0.838. The first-order chi connectivity index (χ1) is 5.11. The molecule has 0 spiro atoms. The smallest absolute Gasteiger partial charge is 0.337 e. The molecule has 1 rings (SSSR count). The molecule has 0 radical (unpaired) electrons. The first-order valence-corrected chi connectivity index (χ1v) is 2.76. The van der Waals surface area contributed by atoms with Crippen molar-refractivity contribution in [2.75, 3.05) is 0 Å². The Bertz CT molecular complexity index is 341. The second kappa shape index (κ2) is 2.45. The largest absolute Gasteiger partial charge is 0.478 e. The van der Waals surface area contributed by atoms with E-state index in [0.717, 1.165) is 18.3 Å². The standard InChI is InChI=1S/C6H5NO4/c8-5-2-1-4(6(9)10)3-7(5)11/h1-3,11H,(H,9,10). The molecule has 0 aliphatic carbocycles. The second-order valence-corrected chi connectivity index (χ2v) is 1.91. The lowest BCUT2D eigenvalue weighted by atomic mass is 10.3. The van der Waals surface area contributed by atoms with Crippen LogP contribution in [0.25, 0.3) is 0 Å². The Balaban J connectivity index is 3.26. The molecule has 1 aromatic rings. The van der Waals surface area contributed by atoms with Gasteiger partial charge in [-0.2, -0.15) is 4.73 Å². The molecule has 0 amide bonds. The summed E-state index contributed by atoms with van der Waals surface area (Å²) in [5, 5.41) is 17.1. The van der Waals surface area contributed by atoms with Gasteiger partial charge in [0.1, 0.15) is 0 Å². The van der Waals surface area contributed by atoms with Crippen molar-refractivity contribution in [3.8, 4) is 0 Å². The topological polar surface area (TPSA) is 79.5 Å². The van der Waals surface area contributed by atoms with E-state index in [4.69, 9.17) is 10.3 Å². The molecule has 58 valence electrons. The fourth-order valence-corrected chi connectivity index (χ4v) is 0.602. The summed E-state index contributed by atoms with van der Waals surface area (Å²) in [5.41, 5.74) is -0.790. The van der Waals surface area contributed by atoms with E-state index >= 15 is 0 Å². The van der Waals surface area contributed by atoms with Gasteiger partial charge in [0.05, 0.1) is 11.8 Å². The fraction of sp³-hybridized carbons (Fsp3) is 0. The summed E-state index contributed by atoms with van der Waals surface area (Å²) in [6.45, 7) is 0. The van der Waals surface area contributed by atoms with Crippen molar-refractivity contribution in [2.24, 2.45) is 0 Å². The van der Waals surface area contributed by atoms with E-state index in [2.05, 4.69) is 0 Å². The van der Waals surface area contributed by atoms with Crippen LogP contribution >= 0.6 is 0 Å². The van der Waals surface area contributed by atoms with Crippen molar-refractivity contribution in [3.05, 3.63) is 34.2 Å². The highest BCUT2D eigenvalue weighted by atomic mass is 16.5. The number of aromatic nitrogens is 1. The molecule has 0 aromatic carbocycles. The summed E-state index contributed by atoms with van der Waals surface area (Å²) in [4.78, 5) is 20.8. The maximum atomic E-state index is 10.5.